The van der Waals surface area contributed by atoms with E-state index in [4.69, 9.17) is 0 Å². The van der Waals surface area contributed by atoms with E-state index in [9.17, 15) is 14.4 Å². The van der Waals surface area contributed by atoms with Gasteiger partial charge in [0.1, 0.15) is 5.03 Å². The molecule has 3 heterocycles. The minimum Gasteiger partial charge on any atom is -0.356 e. The zero-order valence-corrected chi connectivity index (χ0v) is 22.6. The minimum absolute atomic E-state index is 0.0452. The van der Waals surface area contributed by atoms with Crippen LogP contribution in [0.3, 0.4) is 0 Å². The molecule has 2 saturated heterocycles. The van der Waals surface area contributed by atoms with Crippen molar-refractivity contribution >= 4 is 51.2 Å². The summed E-state index contributed by atoms with van der Waals surface area (Å²) < 4.78 is 0. The highest BCUT2D eigenvalue weighted by molar-refractivity contribution is 8.76. The van der Waals surface area contributed by atoms with Crippen LogP contribution in [-0.2, 0) is 9.59 Å². The molecule has 1 aromatic rings. The lowest BCUT2D eigenvalue weighted by molar-refractivity contribution is -0.121. The zero-order chi connectivity index (χ0) is 24.7. The van der Waals surface area contributed by atoms with Crippen LogP contribution in [0.2, 0.25) is 0 Å². The Bertz CT molecular complexity index is 802. The van der Waals surface area contributed by atoms with E-state index in [1.807, 2.05) is 30.0 Å². The van der Waals surface area contributed by atoms with Crippen LogP contribution in [0, 0.1) is 0 Å². The molecule has 4 N–H and O–H groups in total. The SMILES string of the molecule is O=C(CCCC[C@H]1SC[C@H]2NC(=O)N[C@H]21)NCCCCCCNC(=O)CCSSc1ccccn1. The van der Waals surface area contributed by atoms with Crippen molar-refractivity contribution in [2.45, 2.75) is 80.1 Å². The molecular weight excluding hydrogens is 502 g/mol. The summed E-state index contributed by atoms with van der Waals surface area (Å²) in [6, 6.07) is 6.28. The lowest BCUT2D eigenvalue weighted by Crippen LogP contribution is -2.36. The third-order valence-electron chi connectivity index (χ3n) is 6.02. The third kappa shape index (κ3) is 10.9. The summed E-state index contributed by atoms with van der Waals surface area (Å²) >= 11 is 1.92. The first-order valence-electron chi connectivity index (χ1n) is 12.5. The van der Waals surface area contributed by atoms with Gasteiger partial charge in [0.05, 0.1) is 12.1 Å². The third-order valence-corrected chi connectivity index (χ3v) is 9.80. The van der Waals surface area contributed by atoms with Gasteiger partial charge in [0, 0.05) is 48.9 Å². The van der Waals surface area contributed by atoms with Gasteiger partial charge in [-0.25, -0.2) is 9.78 Å². The van der Waals surface area contributed by atoms with Crippen LogP contribution in [-0.4, -0.2) is 64.8 Å². The molecule has 194 valence electrons. The number of fused-ring (bicyclic) bond motifs is 1. The molecule has 2 fully saturated rings. The molecular formula is C24H37N5O3S3. The predicted molar refractivity (Wildman–Crippen MR) is 146 cm³/mol. The van der Waals surface area contributed by atoms with Gasteiger partial charge in [0.25, 0.3) is 0 Å². The highest BCUT2D eigenvalue weighted by atomic mass is 33.1. The Labute approximate surface area is 220 Å². The largest absolute Gasteiger partial charge is 0.356 e. The normalized spacial score (nSPS) is 20.7. The first-order chi connectivity index (χ1) is 17.1. The molecule has 3 rings (SSSR count). The molecule has 0 bridgehead atoms. The Kier molecular flexibility index (Phi) is 13.0. The van der Waals surface area contributed by atoms with Crippen molar-refractivity contribution < 1.29 is 14.4 Å². The molecule has 0 unspecified atom stereocenters. The molecule has 8 nitrogen and oxygen atoms in total. The standard InChI is InChI=1S/C24H37N5O3S3/c30-20(10-4-3-9-19-23-18(17-33-19)28-24(32)29-23)25-13-6-1-2-7-14-26-21(31)12-16-34-35-22-11-5-8-15-27-22/h5,8,11,15,18-19,23H,1-4,6-7,9-10,12-14,16-17H2,(H,25,30)(H,26,31)(H2,28,29,32)/t18-,19-,23-/m1/s1. The molecule has 1 aromatic heterocycles. The van der Waals surface area contributed by atoms with Crippen molar-refractivity contribution in [3.05, 3.63) is 24.4 Å². The number of carbonyl (C=O) groups is 3. The average Bonchev–Trinajstić information content (AvgIpc) is 3.41. The van der Waals surface area contributed by atoms with E-state index in [1.165, 1.54) is 0 Å². The van der Waals surface area contributed by atoms with E-state index < -0.39 is 0 Å². The number of pyridine rings is 1. The maximum absolute atomic E-state index is 12.0. The first kappa shape index (κ1) is 28.0. The molecule has 2 aliphatic rings. The van der Waals surface area contributed by atoms with E-state index in [0.29, 0.717) is 24.6 Å². The van der Waals surface area contributed by atoms with Gasteiger partial charge >= 0.3 is 6.03 Å². The van der Waals surface area contributed by atoms with E-state index in [0.717, 1.165) is 68.0 Å². The predicted octanol–water partition coefficient (Wildman–Crippen LogP) is 3.73. The van der Waals surface area contributed by atoms with Crippen molar-refractivity contribution in [1.82, 2.24) is 26.3 Å². The lowest BCUT2D eigenvalue weighted by atomic mass is 10.0. The minimum atomic E-state index is -0.0452. The van der Waals surface area contributed by atoms with Gasteiger partial charge < -0.3 is 21.3 Å². The first-order valence-corrected chi connectivity index (χ1v) is 15.9. The number of urea groups is 1. The summed E-state index contributed by atoms with van der Waals surface area (Å²) in [5.74, 6) is 1.97. The number of thioether (sulfide) groups is 1. The van der Waals surface area contributed by atoms with Crippen LogP contribution in [0.5, 0.6) is 0 Å². The van der Waals surface area contributed by atoms with Gasteiger partial charge in [-0.05, 0) is 48.6 Å². The van der Waals surface area contributed by atoms with Crippen LogP contribution < -0.4 is 21.3 Å². The summed E-state index contributed by atoms with van der Waals surface area (Å²) in [5, 5.41) is 13.4. The lowest BCUT2D eigenvalue weighted by Gasteiger charge is -2.16. The molecule has 0 radical (unpaired) electrons. The number of amides is 4. The maximum atomic E-state index is 12.0. The summed E-state index contributed by atoms with van der Waals surface area (Å²) in [7, 11) is 3.24. The number of carbonyl (C=O) groups excluding carboxylic acids is 3. The number of hydrogen-bond acceptors (Lipinski definition) is 7. The van der Waals surface area contributed by atoms with Crippen LogP contribution >= 0.6 is 33.3 Å². The van der Waals surface area contributed by atoms with Crippen LogP contribution in [0.4, 0.5) is 4.79 Å². The fourth-order valence-electron chi connectivity index (χ4n) is 4.14. The number of nitrogens with one attached hydrogen (secondary N) is 4. The molecule has 0 aliphatic carbocycles. The summed E-state index contributed by atoms with van der Waals surface area (Å²) in [6.07, 6.45) is 9.84. The monoisotopic (exact) mass is 539 g/mol. The van der Waals surface area contributed by atoms with Gasteiger partial charge in [-0.1, -0.05) is 36.1 Å². The fourth-order valence-corrected chi connectivity index (χ4v) is 7.56. The number of rotatable bonds is 17. The molecule has 11 heteroatoms. The molecule has 0 aromatic carbocycles. The Morgan fingerprint density at radius 1 is 1.00 bits per heavy atom. The average molecular weight is 540 g/mol. The fraction of sp³-hybridized carbons (Fsp3) is 0.667. The number of unbranched alkanes of at least 4 members (excludes halogenated alkanes) is 4. The second-order valence-electron chi connectivity index (χ2n) is 8.81. The molecule has 2 aliphatic heterocycles. The summed E-state index contributed by atoms with van der Waals surface area (Å²) in [4.78, 5) is 39.6. The van der Waals surface area contributed by atoms with Crippen molar-refractivity contribution in [1.29, 1.82) is 0 Å². The Balaban J connectivity index is 1.06. The van der Waals surface area contributed by atoms with Crippen LogP contribution in [0.25, 0.3) is 0 Å². The Hall–Kier alpha value is -1.59. The molecule has 4 amide bonds. The highest BCUT2D eigenvalue weighted by Gasteiger charge is 2.42. The van der Waals surface area contributed by atoms with Gasteiger partial charge in [-0.2, -0.15) is 11.8 Å². The van der Waals surface area contributed by atoms with Crippen LogP contribution in [0.1, 0.15) is 57.8 Å². The topological polar surface area (TPSA) is 112 Å². The van der Waals surface area contributed by atoms with Gasteiger partial charge in [0.15, 0.2) is 0 Å². The zero-order valence-electron chi connectivity index (χ0n) is 20.1. The number of aromatic nitrogens is 1. The number of nitrogens with zero attached hydrogens (tertiary/aromatic N) is 1. The van der Waals surface area contributed by atoms with Crippen molar-refractivity contribution in [2.75, 3.05) is 24.6 Å². The second-order valence-corrected chi connectivity index (χ2v) is 12.5. The van der Waals surface area contributed by atoms with Gasteiger partial charge in [0.2, 0.25) is 11.8 Å². The molecule has 0 saturated carbocycles. The van der Waals surface area contributed by atoms with E-state index >= 15 is 0 Å². The van der Waals surface area contributed by atoms with Gasteiger partial charge in [-0.3, -0.25) is 9.59 Å². The molecule has 0 spiro atoms. The van der Waals surface area contributed by atoms with Crippen molar-refractivity contribution in [2.24, 2.45) is 0 Å². The highest BCUT2D eigenvalue weighted by Crippen LogP contribution is 2.33. The Morgan fingerprint density at radius 2 is 1.77 bits per heavy atom. The van der Waals surface area contributed by atoms with E-state index in [2.05, 4.69) is 26.3 Å². The molecule has 35 heavy (non-hydrogen) atoms. The molecule has 3 atom stereocenters. The number of hydrogen-bond donors (Lipinski definition) is 4. The van der Waals surface area contributed by atoms with Crippen LogP contribution in [0.15, 0.2) is 29.4 Å². The van der Waals surface area contributed by atoms with E-state index in [-0.39, 0.29) is 29.9 Å². The quantitative estimate of drug-likeness (QED) is 0.136. The van der Waals surface area contributed by atoms with Crippen molar-refractivity contribution in [3.8, 4) is 0 Å². The van der Waals surface area contributed by atoms with E-state index in [1.54, 1.807) is 27.8 Å². The Morgan fingerprint density at radius 3 is 2.51 bits per heavy atom. The van der Waals surface area contributed by atoms with Crippen molar-refractivity contribution in [3.63, 3.8) is 0 Å². The smallest absolute Gasteiger partial charge is 0.315 e. The second kappa shape index (κ2) is 16.2. The summed E-state index contributed by atoms with van der Waals surface area (Å²) in [6.45, 7) is 1.43. The maximum Gasteiger partial charge on any atom is 0.315 e. The van der Waals surface area contributed by atoms with Gasteiger partial charge in [-0.15, -0.1) is 0 Å². The summed E-state index contributed by atoms with van der Waals surface area (Å²) in [5.41, 5.74) is 0.